The number of nitrogens with zero attached hydrogens (tertiary/aromatic N) is 3. The second kappa shape index (κ2) is 6.85. The van der Waals surface area contributed by atoms with Crippen LogP contribution in [0, 0.1) is 0 Å². The fourth-order valence-corrected chi connectivity index (χ4v) is 5.11. The largest absolute Gasteiger partial charge is 0.505 e. The van der Waals surface area contributed by atoms with Crippen LogP contribution in [0.1, 0.15) is 11.1 Å². The Morgan fingerprint density at radius 3 is 2.87 bits per heavy atom. The van der Waals surface area contributed by atoms with E-state index in [0.29, 0.717) is 21.5 Å². The number of aromatic hydroxyl groups is 1. The van der Waals surface area contributed by atoms with Crippen molar-refractivity contribution in [2.24, 2.45) is 9.50 Å². The molecule has 11 heteroatoms. The summed E-state index contributed by atoms with van der Waals surface area (Å²) in [5.74, 6) is -0.445. The molecule has 1 aliphatic rings. The number of pyridine rings is 1. The minimum absolute atomic E-state index is 0.140. The molecular weight excluding hydrogens is 428 g/mol. The summed E-state index contributed by atoms with van der Waals surface area (Å²) in [6.45, 7) is 0. The third-order valence-electron chi connectivity index (χ3n) is 4.49. The number of hydrogen-bond acceptors (Lipinski definition) is 9. The Hall–Kier alpha value is -3.38. The van der Waals surface area contributed by atoms with Crippen LogP contribution in [0.25, 0.3) is 10.2 Å². The quantitative estimate of drug-likeness (QED) is 0.353. The molecule has 0 fully saturated rings. The number of thiophene rings is 1. The number of benzene rings is 1. The first kappa shape index (κ1) is 18.6. The van der Waals surface area contributed by atoms with E-state index >= 15 is 0 Å². The van der Waals surface area contributed by atoms with E-state index in [4.69, 9.17) is 4.42 Å². The number of aromatic nitrogens is 1. The first-order valence-electron chi connectivity index (χ1n) is 8.62. The Labute approximate surface area is 174 Å². The second-order valence-electron chi connectivity index (χ2n) is 6.36. The van der Waals surface area contributed by atoms with Gasteiger partial charge in [0.25, 0.3) is 5.56 Å². The fourth-order valence-electron chi connectivity index (χ4n) is 3.12. The predicted octanol–water partition coefficient (Wildman–Crippen LogP) is 4.14. The van der Waals surface area contributed by atoms with Crippen LogP contribution in [-0.2, 0) is 0 Å². The van der Waals surface area contributed by atoms with E-state index < -0.39 is 16.3 Å². The Kier molecular flexibility index (Phi) is 4.25. The highest BCUT2D eigenvalue weighted by Gasteiger charge is 2.30. The maximum atomic E-state index is 13.3. The van der Waals surface area contributed by atoms with Gasteiger partial charge < -0.3 is 14.8 Å². The van der Waals surface area contributed by atoms with E-state index in [0.717, 1.165) is 4.68 Å². The summed E-state index contributed by atoms with van der Waals surface area (Å²) in [6, 6.07) is 9.88. The van der Waals surface area contributed by atoms with Gasteiger partial charge in [-0.25, -0.2) is 0 Å². The van der Waals surface area contributed by atoms with Crippen molar-refractivity contribution in [3.8, 4) is 5.75 Å². The van der Waals surface area contributed by atoms with Gasteiger partial charge in [0.15, 0.2) is 11.6 Å². The van der Waals surface area contributed by atoms with Crippen LogP contribution in [0.3, 0.4) is 0 Å². The molecule has 0 unspecified atom stereocenters. The number of fused-ring (bicyclic) bond motifs is 2. The zero-order chi connectivity index (χ0) is 20.9. The maximum Gasteiger partial charge on any atom is 0.286 e. The molecule has 0 aliphatic carbocycles. The van der Waals surface area contributed by atoms with Crippen LogP contribution in [0.15, 0.2) is 77.9 Å². The third-order valence-corrected chi connectivity index (χ3v) is 6.78. The van der Waals surface area contributed by atoms with Crippen LogP contribution < -0.4 is 10.9 Å². The molecule has 9 nitrogen and oxygen atoms in total. The maximum absolute atomic E-state index is 13.3. The topological polar surface area (TPSA) is 133 Å². The highest BCUT2D eigenvalue weighted by atomic mass is 32.3. The zero-order valence-corrected chi connectivity index (χ0v) is 16.7. The number of furan rings is 1. The smallest absolute Gasteiger partial charge is 0.286 e. The van der Waals surface area contributed by atoms with Gasteiger partial charge in [0.05, 0.1) is 34.6 Å². The summed E-state index contributed by atoms with van der Waals surface area (Å²) in [6.07, 6.45) is 4.40. The van der Waals surface area contributed by atoms with Crippen molar-refractivity contribution in [2.45, 2.75) is 4.90 Å². The van der Waals surface area contributed by atoms with Gasteiger partial charge >= 0.3 is 0 Å². The Bertz CT molecular complexity index is 1390. The molecule has 4 aromatic rings. The van der Waals surface area contributed by atoms with Crippen molar-refractivity contribution in [1.29, 1.82) is 0 Å². The Balaban J connectivity index is 1.73. The molecule has 3 aromatic heterocycles. The molecule has 4 N–H and O–H groups in total. The van der Waals surface area contributed by atoms with E-state index in [9.17, 15) is 19.0 Å². The fraction of sp³-hybridized carbons (Fsp3) is 0. The summed E-state index contributed by atoms with van der Waals surface area (Å²) < 4.78 is 31.5. The highest BCUT2D eigenvalue weighted by Crippen LogP contribution is 2.55. The summed E-state index contributed by atoms with van der Waals surface area (Å²) >= 11 is 1.22. The lowest BCUT2D eigenvalue weighted by atomic mass is 10.2. The van der Waals surface area contributed by atoms with Gasteiger partial charge in [-0.05, 0) is 29.6 Å². The van der Waals surface area contributed by atoms with Crippen LogP contribution in [0.5, 0.6) is 5.75 Å². The van der Waals surface area contributed by atoms with Crippen molar-refractivity contribution in [3.63, 3.8) is 0 Å². The number of nitrogens with one attached hydrogen (secondary N) is 1. The molecule has 0 radical (unpaired) electrons. The molecule has 0 spiro atoms. The van der Waals surface area contributed by atoms with Gasteiger partial charge in [-0.1, -0.05) is 22.9 Å². The van der Waals surface area contributed by atoms with Gasteiger partial charge in [-0.2, -0.15) is 9.78 Å². The average molecular weight is 442 g/mol. The first-order chi connectivity index (χ1) is 14.5. The SMILES string of the molecule is O=c1c(C2=NS(O)(O)c3ccccc3N2)c(O)c2sccc2n1N=Cc1ccoc1. The lowest BCUT2D eigenvalue weighted by molar-refractivity contribution is 0.479. The zero-order valence-electron chi connectivity index (χ0n) is 15.1. The van der Waals surface area contributed by atoms with Gasteiger partial charge in [0.2, 0.25) is 0 Å². The molecular formula is C19H14N4O5S2. The van der Waals surface area contributed by atoms with Crippen LogP contribution in [0.4, 0.5) is 5.69 Å². The van der Waals surface area contributed by atoms with Crippen molar-refractivity contribution in [2.75, 3.05) is 5.32 Å². The average Bonchev–Trinajstić information content (AvgIpc) is 3.40. The van der Waals surface area contributed by atoms with E-state index in [-0.39, 0.29) is 22.0 Å². The van der Waals surface area contributed by atoms with E-state index in [1.807, 2.05) is 0 Å². The van der Waals surface area contributed by atoms with Crippen molar-refractivity contribution < 1.29 is 18.6 Å². The summed E-state index contributed by atoms with van der Waals surface area (Å²) in [4.78, 5) is 13.5. The molecule has 0 atom stereocenters. The minimum Gasteiger partial charge on any atom is -0.505 e. The number of para-hydroxylation sites is 1. The van der Waals surface area contributed by atoms with E-state index in [1.165, 1.54) is 36.1 Å². The Morgan fingerprint density at radius 1 is 1.23 bits per heavy atom. The molecule has 0 amide bonds. The molecule has 1 aliphatic heterocycles. The van der Waals surface area contributed by atoms with E-state index in [2.05, 4.69) is 14.8 Å². The second-order valence-corrected chi connectivity index (χ2v) is 8.93. The standard InChI is InChI=1S/C19H14N4O5S2/c24-16-15(18-21-12-3-1-2-4-14(12)30(26,27)22-18)19(25)23(13-6-8-29-17(13)16)20-9-11-5-7-28-10-11/h1-10,24,26-27H,(H,21,22). The lowest BCUT2D eigenvalue weighted by Gasteiger charge is -2.34. The molecule has 0 bridgehead atoms. The molecule has 152 valence electrons. The molecule has 5 rings (SSSR count). The van der Waals surface area contributed by atoms with Gasteiger partial charge in [-0.15, -0.1) is 15.7 Å². The normalized spacial score (nSPS) is 16.3. The van der Waals surface area contributed by atoms with Crippen LogP contribution in [-0.4, -0.2) is 30.9 Å². The number of anilines is 1. The highest BCUT2D eigenvalue weighted by molar-refractivity contribution is 8.23. The lowest BCUT2D eigenvalue weighted by Crippen LogP contribution is -2.30. The predicted molar refractivity (Wildman–Crippen MR) is 117 cm³/mol. The first-order valence-corrected chi connectivity index (χ1v) is 11.0. The van der Waals surface area contributed by atoms with Gasteiger partial charge in [0.1, 0.15) is 10.5 Å². The van der Waals surface area contributed by atoms with Gasteiger partial charge in [0, 0.05) is 5.56 Å². The van der Waals surface area contributed by atoms with Crippen molar-refractivity contribution >= 4 is 50.1 Å². The van der Waals surface area contributed by atoms with Crippen molar-refractivity contribution in [3.05, 3.63) is 75.8 Å². The molecule has 1 aromatic carbocycles. The van der Waals surface area contributed by atoms with Crippen LogP contribution in [0.2, 0.25) is 0 Å². The summed E-state index contributed by atoms with van der Waals surface area (Å²) in [7, 11) is -3.55. The molecule has 30 heavy (non-hydrogen) atoms. The number of amidine groups is 1. The van der Waals surface area contributed by atoms with Gasteiger partial charge in [-0.3, -0.25) is 13.9 Å². The summed E-state index contributed by atoms with van der Waals surface area (Å²) in [5.41, 5.74) is 0.578. The monoisotopic (exact) mass is 442 g/mol. The number of rotatable bonds is 3. The molecule has 0 saturated heterocycles. The van der Waals surface area contributed by atoms with Crippen molar-refractivity contribution in [1.82, 2.24) is 4.68 Å². The van der Waals surface area contributed by atoms with Crippen LogP contribution >= 0.6 is 22.1 Å². The summed E-state index contributed by atoms with van der Waals surface area (Å²) in [5, 5.41) is 19.7. The molecule has 4 heterocycles. The third kappa shape index (κ3) is 2.92. The molecule has 0 saturated carbocycles. The van der Waals surface area contributed by atoms with E-state index in [1.54, 1.807) is 35.7 Å². The minimum atomic E-state index is -3.55. The number of hydrogen-bond donors (Lipinski definition) is 4. The Morgan fingerprint density at radius 2 is 2.07 bits per heavy atom.